The molecule has 2 atom stereocenters. The number of carbonyl (C=O) groups is 2. The van der Waals surface area contributed by atoms with Gasteiger partial charge in [-0.25, -0.2) is 4.79 Å². The molecule has 2 aliphatic rings. The summed E-state index contributed by atoms with van der Waals surface area (Å²) >= 11 is 18.0. The lowest BCUT2D eigenvalue weighted by Gasteiger charge is -2.47. The second-order valence-electron chi connectivity index (χ2n) is 4.06. The highest BCUT2D eigenvalue weighted by molar-refractivity contribution is 8.03. The zero-order valence-electron chi connectivity index (χ0n) is 9.20. The van der Waals surface area contributed by atoms with Crippen LogP contribution in [0, 0.1) is 0 Å². The summed E-state index contributed by atoms with van der Waals surface area (Å²) in [5, 5.41) is -0.0101. The van der Waals surface area contributed by atoms with Gasteiger partial charge in [0, 0.05) is 6.42 Å². The number of halogens is 3. The number of thioether (sulfide) groups is 1. The summed E-state index contributed by atoms with van der Waals surface area (Å²) in [4.78, 5) is 25.7. The van der Waals surface area contributed by atoms with Gasteiger partial charge in [-0.05, 0) is 4.91 Å². The third-order valence-corrected chi connectivity index (χ3v) is 4.15. The van der Waals surface area contributed by atoms with E-state index in [0.717, 1.165) is 4.91 Å². The summed E-state index contributed by atoms with van der Waals surface area (Å²) in [5.41, 5.74) is 0. The molecule has 100 valence electrons. The van der Waals surface area contributed by atoms with Gasteiger partial charge >= 0.3 is 5.97 Å². The van der Waals surface area contributed by atoms with Crippen molar-refractivity contribution < 1.29 is 14.3 Å². The van der Waals surface area contributed by atoms with E-state index >= 15 is 0 Å². The van der Waals surface area contributed by atoms with E-state index in [9.17, 15) is 9.59 Å². The number of alkyl halides is 3. The quantitative estimate of drug-likeness (QED) is 0.443. The van der Waals surface area contributed by atoms with Gasteiger partial charge in [-0.2, -0.15) is 0 Å². The topological polar surface area (TPSA) is 46.6 Å². The molecule has 2 fully saturated rings. The summed E-state index contributed by atoms with van der Waals surface area (Å²) in [5.74, 6) is -0.614. The molecule has 18 heavy (non-hydrogen) atoms. The summed E-state index contributed by atoms with van der Waals surface area (Å²) < 4.78 is 3.27. The SMILES string of the molecule is C=C1C[C@H](C(=O)OCC(Cl)(Cl)Cl)N2C(=O)C[C@H]2S1. The molecular weight excluding hydrogens is 321 g/mol. The number of nitrogens with zero attached hydrogens (tertiary/aromatic N) is 1. The molecule has 0 aromatic carbocycles. The van der Waals surface area contributed by atoms with Crippen molar-refractivity contribution in [2.45, 2.75) is 28.0 Å². The average molecular weight is 331 g/mol. The molecule has 2 aliphatic heterocycles. The van der Waals surface area contributed by atoms with Crippen LogP contribution in [0.3, 0.4) is 0 Å². The Morgan fingerprint density at radius 2 is 2.17 bits per heavy atom. The van der Waals surface area contributed by atoms with Crippen LogP contribution in [0.25, 0.3) is 0 Å². The Kier molecular flexibility index (Phi) is 4.07. The maximum atomic E-state index is 11.9. The number of rotatable bonds is 2. The molecule has 2 saturated heterocycles. The minimum Gasteiger partial charge on any atom is -0.460 e. The smallest absolute Gasteiger partial charge is 0.329 e. The van der Waals surface area contributed by atoms with E-state index in [0.29, 0.717) is 12.8 Å². The number of hydrogen-bond donors (Lipinski definition) is 0. The maximum absolute atomic E-state index is 11.9. The first-order valence-electron chi connectivity index (χ1n) is 5.17. The Morgan fingerprint density at radius 1 is 1.50 bits per heavy atom. The van der Waals surface area contributed by atoms with Gasteiger partial charge in [-0.3, -0.25) is 4.79 Å². The summed E-state index contributed by atoms with van der Waals surface area (Å²) in [6.07, 6.45) is 0.809. The van der Waals surface area contributed by atoms with Crippen molar-refractivity contribution in [1.82, 2.24) is 4.90 Å². The number of ether oxygens (including phenoxy) is 1. The van der Waals surface area contributed by atoms with Crippen molar-refractivity contribution in [3.63, 3.8) is 0 Å². The van der Waals surface area contributed by atoms with Crippen LogP contribution in [0.1, 0.15) is 12.8 Å². The molecule has 4 nitrogen and oxygen atoms in total. The first kappa shape index (κ1) is 14.3. The maximum Gasteiger partial charge on any atom is 0.329 e. The predicted molar refractivity (Wildman–Crippen MR) is 71.6 cm³/mol. The fraction of sp³-hybridized carbons (Fsp3) is 0.600. The largest absolute Gasteiger partial charge is 0.460 e. The van der Waals surface area contributed by atoms with Crippen LogP contribution in [0.5, 0.6) is 0 Å². The van der Waals surface area contributed by atoms with Crippen molar-refractivity contribution in [3.05, 3.63) is 11.5 Å². The molecule has 2 rings (SSSR count). The zero-order valence-corrected chi connectivity index (χ0v) is 12.3. The Labute approximate surface area is 124 Å². The highest BCUT2D eigenvalue weighted by Crippen LogP contribution is 2.43. The molecule has 0 aliphatic carbocycles. The van der Waals surface area contributed by atoms with Crippen molar-refractivity contribution in [3.8, 4) is 0 Å². The third-order valence-electron chi connectivity index (χ3n) is 2.66. The standard InChI is InChI=1S/C10H10Cl3NO3S/c1-5-2-6(9(16)17-4-10(11,12)13)14-7(15)3-8(14)18-5/h6,8H,1-4H2/t6-,8-/m1/s1. The van der Waals surface area contributed by atoms with Gasteiger partial charge < -0.3 is 9.64 Å². The van der Waals surface area contributed by atoms with Gasteiger partial charge in [0.1, 0.15) is 12.6 Å². The van der Waals surface area contributed by atoms with E-state index in [-0.39, 0.29) is 17.9 Å². The van der Waals surface area contributed by atoms with Crippen molar-refractivity contribution in [1.29, 1.82) is 0 Å². The fourth-order valence-corrected chi connectivity index (χ4v) is 3.28. The minimum atomic E-state index is -1.64. The van der Waals surface area contributed by atoms with Crippen LogP contribution in [0.4, 0.5) is 0 Å². The van der Waals surface area contributed by atoms with Gasteiger partial charge in [0.2, 0.25) is 9.70 Å². The normalized spacial score (nSPS) is 27.6. The second-order valence-corrected chi connectivity index (χ2v) is 7.93. The first-order chi connectivity index (χ1) is 8.28. The molecule has 0 bridgehead atoms. The lowest BCUT2D eigenvalue weighted by molar-refractivity contribution is -0.161. The van der Waals surface area contributed by atoms with Crippen molar-refractivity contribution in [2.75, 3.05) is 6.61 Å². The fourth-order valence-electron chi connectivity index (χ4n) is 1.87. The van der Waals surface area contributed by atoms with E-state index in [1.54, 1.807) is 0 Å². The van der Waals surface area contributed by atoms with Gasteiger partial charge in [0.05, 0.1) is 11.8 Å². The van der Waals surface area contributed by atoms with E-state index in [1.807, 2.05) is 0 Å². The van der Waals surface area contributed by atoms with Crippen LogP contribution in [0.15, 0.2) is 11.5 Å². The Morgan fingerprint density at radius 3 is 2.72 bits per heavy atom. The number of amides is 1. The molecule has 1 amide bonds. The van der Waals surface area contributed by atoms with E-state index < -0.39 is 15.8 Å². The van der Waals surface area contributed by atoms with Crippen LogP contribution in [-0.2, 0) is 14.3 Å². The lowest BCUT2D eigenvalue weighted by atomic mass is 10.1. The molecule has 0 N–H and O–H groups in total. The highest BCUT2D eigenvalue weighted by atomic mass is 35.6. The van der Waals surface area contributed by atoms with Crippen LogP contribution >= 0.6 is 46.6 Å². The molecule has 2 heterocycles. The molecule has 0 saturated carbocycles. The van der Waals surface area contributed by atoms with Gasteiger partial charge in [0.15, 0.2) is 0 Å². The number of esters is 1. The molecule has 8 heteroatoms. The van der Waals surface area contributed by atoms with E-state index in [4.69, 9.17) is 39.5 Å². The van der Waals surface area contributed by atoms with Crippen LogP contribution in [-0.4, -0.2) is 38.6 Å². The number of carbonyl (C=O) groups excluding carboxylic acids is 2. The molecular formula is C10H10Cl3NO3S. The number of fused-ring (bicyclic) bond motifs is 1. The number of hydrogen-bond acceptors (Lipinski definition) is 4. The third kappa shape index (κ3) is 3.07. The Hall–Kier alpha value is -0.100. The molecule has 0 spiro atoms. The summed E-state index contributed by atoms with van der Waals surface area (Å²) in [7, 11) is 0. The highest BCUT2D eigenvalue weighted by Gasteiger charge is 2.48. The zero-order chi connectivity index (χ0) is 13.5. The lowest BCUT2D eigenvalue weighted by Crippen LogP contribution is -2.60. The predicted octanol–water partition coefficient (Wildman–Crippen LogP) is 2.48. The molecule has 0 aromatic rings. The number of β-lactam (4-membered cyclic amide) rings is 1. The van der Waals surface area contributed by atoms with Gasteiger partial charge in [0.25, 0.3) is 0 Å². The van der Waals surface area contributed by atoms with Gasteiger partial charge in [-0.15, -0.1) is 11.8 Å². The Balaban J connectivity index is 1.99. The van der Waals surface area contributed by atoms with Crippen molar-refractivity contribution >= 4 is 58.4 Å². The van der Waals surface area contributed by atoms with Crippen molar-refractivity contribution in [2.24, 2.45) is 0 Å². The molecule has 0 unspecified atom stereocenters. The van der Waals surface area contributed by atoms with E-state index in [1.165, 1.54) is 16.7 Å². The van der Waals surface area contributed by atoms with E-state index in [2.05, 4.69) is 6.58 Å². The summed E-state index contributed by atoms with van der Waals surface area (Å²) in [6.45, 7) is 3.50. The second kappa shape index (κ2) is 5.12. The summed E-state index contributed by atoms with van der Waals surface area (Å²) in [6, 6.07) is -0.641. The van der Waals surface area contributed by atoms with Crippen LogP contribution < -0.4 is 0 Å². The first-order valence-corrected chi connectivity index (χ1v) is 7.18. The average Bonchev–Trinajstić information content (AvgIpc) is 2.22. The van der Waals surface area contributed by atoms with Gasteiger partial charge in [-0.1, -0.05) is 41.4 Å². The Bertz CT molecular complexity index is 408. The molecule has 0 aromatic heterocycles. The minimum absolute atomic E-state index is 0.0101. The molecule has 0 radical (unpaired) electrons. The monoisotopic (exact) mass is 329 g/mol. The van der Waals surface area contributed by atoms with Crippen LogP contribution in [0.2, 0.25) is 0 Å².